The first-order chi connectivity index (χ1) is 23.4. The molecule has 0 amide bonds. The number of piperidine rings is 1. The molecule has 2 aromatic rings. The SMILES string of the molecule is C[C@H]1[C@H](C)CC[C@]2(C(=O)OCc3ccccc3)CC[C@]3(C)C(=CC[C@@H]4[C@@]5(C)Cc6c(N7CCCCC7)ncnc6C(C)(C)[C@@H]5CC[C@]43C)[C@H]12. The van der Waals surface area contributed by atoms with Gasteiger partial charge in [-0.25, -0.2) is 9.97 Å². The van der Waals surface area contributed by atoms with Gasteiger partial charge in [0, 0.05) is 24.1 Å². The smallest absolute Gasteiger partial charge is 0.313 e. The van der Waals surface area contributed by atoms with Crippen molar-refractivity contribution in [2.75, 3.05) is 18.0 Å². The highest BCUT2D eigenvalue weighted by molar-refractivity contribution is 5.79. The molecule has 0 spiro atoms. The fraction of sp³-hybridized carbons (Fsp3) is 0.705. The van der Waals surface area contributed by atoms with E-state index in [9.17, 15) is 4.79 Å². The molecular formula is C44H61N3O2. The number of carbonyl (C=O) groups excluding carboxylic acids is 1. The molecule has 2 heterocycles. The Morgan fingerprint density at radius 1 is 0.898 bits per heavy atom. The van der Waals surface area contributed by atoms with Crippen LogP contribution in [0.4, 0.5) is 5.82 Å². The lowest BCUT2D eigenvalue weighted by molar-refractivity contribution is -0.184. The molecule has 264 valence electrons. The Bertz CT molecular complexity index is 1630. The van der Waals surface area contributed by atoms with Gasteiger partial charge in [-0.05, 0) is 122 Å². The van der Waals surface area contributed by atoms with Gasteiger partial charge in [0.1, 0.15) is 18.8 Å². The molecule has 49 heavy (non-hydrogen) atoms. The average molecular weight is 664 g/mol. The topological polar surface area (TPSA) is 55.3 Å². The van der Waals surface area contributed by atoms with E-state index in [4.69, 9.17) is 14.7 Å². The quantitative estimate of drug-likeness (QED) is 0.241. The molecule has 3 saturated carbocycles. The van der Waals surface area contributed by atoms with Crippen LogP contribution < -0.4 is 4.90 Å². The summed E-state index contributed by atoms with van der Waals surface area (Å²) in [6, 6.07) is 10.2. The minimum Gasteiger partial charge on any atom is -0.460 e. The van der Waals surface area contributed by atoms with E-state index in [1.54, 1.807) is 5.57 Å². The van der Waals surface area contributed by atoms with Crippen molar-refractivity contribution in [1.29, 1.82) is 0 Å². The van der Waals surface area contributed by atoms with Crippen LogP contribution >= 0.6 is 0 Å². The van der Waals surface area contributed by atoms with Crippen LogP contribution in [-0.4, -0.2) is 29.0 Å². The van der Waals surface area contributed by atoms with Crippen LogP contribution in [0.5, 0.6) is 0 Å². The highest BCUT2D eigenvalue weighted by atomic mass is 16.5. The first kappa shape index (κ1) is 33.5. The molecule has 0 bridgehead atoms. The van der Waals surface area contributed by atoms with E-state index in [1.807, 2.05) is 24.5 Å². The van der Waals surface area contributed by atoms with Gasteiger partial charge in [-0.15, -0.1) is 0 Å². The summed E-state index contributed by atoms with van der Waals surface area (Å²) in [5.41, 5.74) is 5.41. The molecule has 8 rings (SSSR count). The van der Waals surface area contributed by atoms with Crippen LogP contribution in [0.1, 0.15) is 129 Å². The van der Waals surface area contributed by atoms with Gasteiger partial charge in [0.25, 0.3) is 0 Å². The number of nitrogens with zero attached hydrogens (tertiary/aromatic N) is 3. The molecule has 0 radical (unpaired) electrons. The summed E-state index contributed by atoms with van der Waals surface area (Å²) in [6.45, 7) is 20.4. The number of hydrogen-bond donors (Lipinski definition) is 0. The van der Waals surface area contributed by atoms with Crippen molar-refractivity contribution in [2.24, 2.45) is 51.2 Å². The highest BCUT2D eigenvalue weighted by Crippen LogP contribution is 2.75. The molecule has 0 unspecified atom stereocenters. The number of aromatic nitrogens is 2. The average Bonchev–Trinajstić information content (AvgIpc) is 3.09. The van der Waals surface area contributed by atoms with E-state index in [1.165, 1.54) is 49.2 Å². The number of anilines is 1. The maximum absolute atomic E-state index is 14.4. The lowest BCUT2D eigenvalue weighted by atomic mass is 9.33. The highest BCUT2D eigenvalue weighted by Gasteiger charge is 2.69. The number of esters is 1. The Morgan fingerprint density at radius 3 is 2.41 bits per heavy atom. The minimum atomic E-state index is -0.414. The van der Waals surface area contributed by atoms with Gasteiger partial charge in [0.05, 0.1) is 11.1 Å². The minimum absolute atomic E-state index is 0.000414. The van der Waals surface area contributed by atoms with Crippen LogP contribution in [0.25, 0.3) is 0 Å². The molecule has 5 aliphatic carbocycles. The van der Waals surface area contributed by atoms with Crippen molar-refractivity contribution >= 4 is 11.8 Å². The van der Waals surface area contributed by atoms with Crippen molar-refractivity contribution in [3.8, 4) is 0 Å². The number of ether oxygens (including phenoxy) is 1. The van der Waals surface area contributed by atoms with Crippen LogP contribution in [0, 0.1) is 51.2 Å². The van der Waals surface area contributed by atoms with Crippen LogP contribution in [0.3, 0.4) is 0 Å². The Balaban J connectivity index is 1.17. The molecule has 1 aromatic carbocycles. The predicted octanol–water partition coefficient (Wildman–Crippen LogP) is 9.88. The summed E-state index contributed by atoms with van der Waals surface area (Å²) in [5.74, 6) is 3.75. The first-order valence-electron chi connectivity index (χ1n) is 19.9. The second kappa shape index (κ2) is 11.7. The van der Waals surface area contributed by atoms with Crippen molar-refractivity contribution < 1.29 is 9.53 Å². The van der Waals surface area contributed by atoms with Crippen LogP contribution in [0.15, 0.2) is 48.3 Å². The molecule has 5 nitrogen and oxygen atoms in total. The molecule has 0 N–H and O–H groups in total. The zero-order chi connectivity index (χ0) is 34.4. The second-order valence-corrected chi connectivity index (χ2v) is 18.8. The first-order valence-corrected chi connectivity index (χ1v) is 19.9. The number of rotatable bonds is 4. The lowest BCUT2D eigenvalue weighted by Gasteiger charge is -2.71. The summed E-state index contributed by atoms with van der Waals surface area (Å²) in [4.78, 5) is 27.1. The zero-order valence-electron chi connectivity index (χ0n) is 31.5. The van der Waals surface area contributed by atoms with Crippen molar-refractivity contribution in [3.05, 3.63) is 65.1 Å². The third-order valence-corrected chi connectivity index (χ3v) is 16.5. The Hall–Kier alpha value is -2.69. The Labute approximate surface area is 296 Å². The normalized spacial score (nSPS) is 40.8. The molecule has 1 aromatic heterocycles. The molecule has 4 fully saturated rings. The third kappa shape index (κ3) is 4.71. The van der Waals surface area contributed by atoms with Crippen molar-refractivity contribution in [2.45, 2.75) is 131 Å². The number of benzene rings is 1. The summed E-state index contributed by atoms with van der Waals surface area (Å²) < 4.78 is 6.28. The maximum atomic E-state index is 14.4. The summed E-state index contributed by atoms with van der Waals surface area (Å²) in [7, 11) is 0. The zero-order valence-corrected chi connectivity index (χ0v) is 31.5. The number of allylic oxidation sites excluding steroid dienone is 2. The lowest BCUT2D eigenvalue weighted by Crippen LogP contribution is -2.65. The van der Waals surface area contributed by atoms with E-state index in [0.717, 1.165) is 57.2 Å². The fourth-order valence-electron chi connectivity index (χ4n) is 13.6. The summed E-state index contributed by atoms with van der Waals surface area (Å²) in [6.07, 6.45) is 17.2. The molecule has 6 aliphatic rings. The molecule has 1 saturated heterocycles. The van der Waals surface area contributed by atoms with E-state index in [2.05, 4.69) is 71.6 Å². The number of fused-ring (bicyclic) bond motifs is 8. The second-order valence-electron chi connectivity index (χ2n) is 18.8. The van der Waals surface area contributed by atoms with Gasteiger partial charge in [-0.1, -0.05) is 90.4 Å². The summed E-state index contributed by atoms with van der Waals surface area (Å²) >= 11 is 0. The summed E-state index contributed by atoms with van der Waals surface area (Å²) in [5, 5.41) is 0. The van der Waals surface area contributed by atoms with Gasteiger partial charge >= 0.3 is 5.97 Å². The van der Waals surface area contributed by atoms with Crippen molar-refractivity contribution in [3.63, 3.8) is 0 Å². The number of hydrogen-bond acceptors (Lipinski definition) is 5. The monoisotopic (exact) mass is 663 g/mol. The van der Waals surface area contributed by atoms with Gasteiger partial charge in [-0.2, -0.15) is 0 Å². The van der Waals surface area contributed by atoms with E-state index in [0.29, 0.717) is 30.3 Å². The molecule has 9 atom stereocenters. The van der Waals surface area contributed by atoms with Crippen LogP contribution in [0.2, 0.25) is 0 Å². The Morgan fingerprint density at radius 2 is 1.65 bits per heavy atom. The molecular weight excluding hydrogens is 603 g/mol. The van der Waals surface area contributed by atoms with Gasteiger partial charge in [0.2, 0.25) is 0 Å². The number of carbonyl (C=O) groups is 1. The fourth-order valence-corrected chi connectivity index (χ4v) is 13.6. The van der Waals surface area contributed by atoms with E-state index in [-0.39, 0.29) is 33.5 Å². The van der Waals surface area contributed by atoms with Gasteiger partial charge in [-0.3, -0.25) is 4.79 Å². The third-order valence-electron chi connectivity index (χ3n) is 16.5. The Kier molecular flexibility index (Phi) is 7.97. The van der Waals surface area contributed by atoms with E-state index < -0.39 is 5.41 Å². The maximum Gasteiger partial charge on any atom is 0.313 e. The van der Waals surface area contributed by atoms with Gasteiger partial charge < -0.3 is 9.64 Å². The van der Waals surface area contributed by atoms with Crippen molar-refractivity contribution in [1.82, 2.24) is 9.97 Å². The van der Waals surface area contributed by atoms with Gasteiger partial charge in [0.15, 0.2) is 0 Å². The molecule has 5 heteroatoms. The van der Waals surface area contributed by atoms with E-state index >= 15 is 0 Å². The largest absolute Gasteiger partial charge is 0.460 e. The van der Waals surface area contributed by atoms with Crippen LogP contribution in [-0.2, 0) is 28.0 Å². The predicted molar refractivity (Wildman–Crippen MR) is 197 cm³/mol. The standard InChI is InChI=1S/C44H61N3O2/c1-29-18-21-44(39(48)49-27-31-14-10-8-11-15-31)23-22-42(6)33(36(44)30(29)2)16-17-35-41(5)26-32-37(40(3,4)34(41)19-20-43(35,42)7)45-28-46-38(32)47-24-12-9-13-25-47/h8,10-11,14-16,28-30,34-36H,9,12-13,17-27H2,1-7H3/t29-,30+,34+,35-,36+,41+,42-,43-,44+/m1/s1. The molecule has 1 aliphatic heterocycles.